The van der Waals surface area contributed by atoms with Crippen molar-refractivity contribution in [3.63, 3.8) is 0 Å². The molecule has 1 aromatic rings. The Balaban J connectivity index is 1.88. The fraction of sp³-hybridized carbons (Fsp3) is 0.500. The summed E-state index contributed by atoms with van der Waals surface area (Å²) < 4.78 is 0. The molecule has 0 saturated carbocycles. The number of hydrogen-bond donors (Lipinski definition) is 2. The van der Waals surface area contributed by atoms with E-state index < -0.39 is 0 Å². The standard InChI is InChI=1S/C18H26N2O/c1-13(2)7-6-8-14(3)19-12-15-11-18(21)20-17-10-5-4-9-16(15)17/h4-5,7,9-10,14-15,19H,6,8,11-12H2,1-3H3,(H,20,21)/t14-,15+/m0/s1. The zero-order valence-corrected chi connectivity index (χ0v) is 13.3. The zero-order valence-electron chi connectivity index (χ0n) is 13.3. The molecule has 0 aromatic heterocycles. The lowest BCUT2D eigenvalue weighted by Crippen LogP contribution is -2.34. The minimum Gasteiger partial charge on any atom is -0.326 e. The third-order valence-corrected chi connectivity index (χ3v) is 3.97. The fourth-order valence-corrected chi connectivity index (χ4v) is 2.75. The van der Waals surface area contributed by atoms with Crippen LogP contribution in [0.5, 0.6) is 0 Å². The van der Waals surface area contributed by atoms with Crippen LogP contribution in [-0.4, -0.2) is 18.5 Å². The molecule has 1 aliphatic heterocycles. The number of nitrogens with one attached hydrogen (secondary N) is 2. The summed E-state index contributed by atoms with van der Waals surface area (Å²) in [6, 6.07) is 8.59. The third-order valence-electron chi connectivity index (χ3n) is 3.97. The highest BCUT2D eigenvalue weighted by molar-refractivity contribution is 5.94. The van der Waals surface area contributed by atoms with Crippen molar-refractivity contribution >= 4 is 11.6 Å². The smallest absolute Gasteiger partial charge is 0.225 e. The van der Waals surface area contributed by atoms with E-state index in [0.717, 1.165) is 25.1 Å². The largest absolute Gasteiger partial charge is 0.326 e. The van der Waals surface area contributed by atoms with Crippen LogP contribution >= 0.6 is 0 Å². The molecule has 3 heteroatoms. The van der Waals surface area contributed by atoms with E-state index in [1.807, 2.05) is 18.2 Å². The molecule has 21 heavy (non-hydrogen) atoms. The molecule has 1 amide bonds. The van der Waals surface area contributed by atoms with Crippen molar-refractivity contribution in [2.24, 2.45) is 0 Å². The quantitative estimate of drug-likeness (QED) is 0.780. The van der Waals surface area contributed by atoms with Gasteiger partial charge in [0, 0.05) is 30.6 Å². The highest BCUT2D eigenvalue weighted by Crippen LogP contribution is 2.31. The van der Waals surface area contributed by atoms with Gasteiger partial charge in [-0.1, -0.05) is 29.8 Å². The molecule has 0 fully saturated rings. The van der Waals surface area contributed by atoms with Gasteiger partial charge in [0.1, 0.15) is 0 Å². The van der Waals surface area contributed by atoms with Crippen LogP contribution in [0, 0.1) is 0 Å². The van der Waals surface area contributed by atoms with E-state index in [0.29, 0.717) is 12.5 Å². The average molecular weight is 286 g/mol. The Morgan fingerprint density at radius 2 is 2.19 bits per heavy atom. The Bertz CT molecular complexity index is 518. The van der Waals surface area contributed by atoms with Gasteiger partial charge < -0.3 is 10.6 Å². The summed E-state index contributed by atoms with van der Waals surface area (Å²) in [5, 5.41) is 6.53. The van der Waals surface area contributed by atoms with Crippen molar-refractivity contribution in [2.45, 2.75) is 52.0 Å². The number of para-hydroxylation sites is 1. The van der Waals surface area contributed by atoms with Crippen LogP contribution < -0.4 is 10.6 Å². The predicted octanol–water partition coefficient (Wildman–Crippen LogP) is 3.84. The maximum Gasteiger partial charge on any atom is 0.225 e. The van der Waals surface area contributed by atoms with Crippen molar-refractivity contribution in [2.75, 3.05) is 11.9 Å². The number of anilines is 1. The fourth-order valence-electron chi connectivity index (χ4n) is 2.75. The lowest BCUT2D eigenvalue weighted by Gasteiger charge is -2.27. The summed E-state index contributed by atoms with van der Waals surface area (Å²) >= 11 is 0. The summed E-state index contributed by atoms with van der Waals surface area (Å²) in [6.07, 6.45) is 5.09. The molecule has 2 rings (SSSR count). The number of carbonyl (C=O) groups excluding carboxylic acids is 1. The van der Waals surface area contributed by atoms with Crippen LogP contribution in [0.1, 0.15) is 51.5 Å². The van der Waals surface area contributed by atoms with Gasteiger partial charge in [0.15, 0.2) is 0 Å². The normalized spacial score (nSPS) is 18.6. The minimum absolute atomic E-state index is 0.123. The molecule has 0 unspecified atom stereocenters. The molecule has 0 spiro atoms. The highest BCUT2D eigenvalue weighted by Gasteiger charge is 2.24. The monoisotopic (exact) mass is 286 g/mol. The molecule has 0 aliphatic carbocycles. The number of allylic oxidation sites excluding steroid dienone is 2. The van der Waals surface area contributed by atoms with E-state index in [4.69, 9.17) is 0 Å². The Labute approximate surface area is 127 Å². The van der Waals surface area contributed by atoms with Crippen molar-refractivity contribution in [1.29, 1.82) is 0 Å². The van der Waals surface area contributed by atoms with Gasteiger partial charge in [0.25, 0.3) is 0 Å². The maximum absolute atomic E-state index is 11.8. The first kappa shape index (κ1) is 15.8. The molecule has 2 N–H and O–H groups in total. The molecule has 0 saturated heterocycles. The second kappa shape index (κ2) is 7.41. The number of carbonyl (C=O) groups is 1. The summed E-state index contributed by atoms with van der Waals surface area (Å²) in [7, 11) is 0. The zero-order chi connectivity index (χ0) is 15.2. The van der Waals surface area contributed by atoms with Crippen LogP contribution in [0.3, 0.4) is 0 Å². The summed E-state index contributed by atoms with van der Waals surface area (Å²) in [5.41, 5.74) is 3.60. The lowest BCUT2D eigenvalue weighted by atomic mass is 9.90. The first-order chi connectivity index (χ1) is 10.1. The minimum atomic E-state index is 0.123. The van der Waals surface area contributed by atoms with Crippen molar-refractivity contribution in [1.82, 2.24) is 5.32 Å². The molecule has 0 bridgehead atoms. The van der Waals surface area contributed by atoms with E-state index in [2.05, 4.69) is 43.5 Å². The SMILES string of the molecule is CC(C)=CCC[C@H](C)NC[C@H]1CC(=O)Nc2ccccc21. The Hall–Kier alpha value is -1.61. The molecule has 2 atom stereocenters. The number of fused-ring (bicyclic) bond motifs is 1. The molecular weight excluding hydrogens is 260 g/mol. The number of rotatable bonds is 6. The van der Waals surface area contributed by atoms with E-state index in [1.54, 1.807) is 0 Å². The Kier molecular flexibility index (Phi) is 5.57. The summed E-state index contributed by atoms with van der Waals surface area (Å²) in [6.45, 7) is 7.35. The molecule has 1 aliphatic rings. The Morgan fingerprint density at radius 3 is 2.95 bits per heavy atom. The summed E-state index contributed by atoms with van der Waals surface area (Å²) in [4.78, 5) is 11.8. The predicted molar refractivity (Wildman–Crippen MR) is 88.6 cm³/mol. The van der Waals surface area contributed by atoms with Gasteiger partial charge in [-0.25, -0.2) is 0 Å². The van der Waals surface area contributed by atoms with Crippen LogP contribution in [0.4, 0.5) is 5.69 Å². The second-order valence-corrected chi connectivity index (χ2v) is 6.20. The number of benzene rings is 1. The van der Waals surface area contributed by atoms with Gasteiger partial charge in [0.05, 0.1) is 0 Å². The van der Waals surface area contributed by atoms with E-state index in [1.165, 1.54) is 11.1 Å². The summed E-state index contributed by atoms with van der Waals surface area (Å²) in [5.74, 6) is 0.401. The van der Waals surface area contributed by atoms with Gasteiger partial charge in [-0.05, 0) is 45.2 Å². The second-order valence-electron chi connectivity index (χ2n) is 6.20. The van der Waals surface area contributed by atoms with Gasteiger partial charge in [-0.2, -0.15) is 0 Å². The molecule has 3 nitrogen and oxygen atoms in total. The van der Waals surface area contributed by atoms with Gasteiger partial charge >= 0.3 is 0 Å². The highest BCUT2D eigenvalue weighted by atomic mass is 16.1. The van der Waals surface area contributed by atoms with Crippen molar-refractivity contribution in [3.8, 4) is 0 Å². The lowest BCUT2D eigenvalue weighted by molar-refractivity contribution is -0.116. The number of hydrogen-bond acceptors (Lipinski definition) is 2. The molecule has 114 valence electrons. The Morgan fingerprint density at radius 1 is 1.43 bits per heavy atom. The molecular formula is C18H26N2O. The van der Waals surface area contributed by atoms with E-state index >= 15 is 0 Å². The van der Waals surface area contributed by atoms with Gasteiger partial charge in [-0.15, -0.1) is 0 Å². The van der Waals surface area contributed by atoms with Crippen molar-refractivity contribution < 1.29 is 4.79 Å². The van der Waals surface area contributed by atoms with Gasteiger partial charge in [0.2, 0.25) is 5.91 Å². The first-order valence-corrected chi connectivity index (χ1v) is 7.81. The molecule has 1 heterocycles. The number of amides is 1. The van der Waals surface area contributed by atoms with Crippen LogP contribution in [0.25, 0.3) is 0 Å². The average Bonchev–Trinajstić information content (AvgIpc) is 2.44. The van der Waals surface area contributed by atoms with Crippen LogP contribution in [-0.2, 0) is 4.79 Å². The van der Waals surface area contributed by atoms with Crippen LogP contribution in [0.2, 0.25) is 0 Å². The van der Waals surface area contributed by atoms with E-state index in [9.17, 15) is 4.79 Å². The molecule has 0 radical (unpaired) electrons. The van der Waals surface area contributed by atoms with E-state index in [-0.39, 0.29) is 11.8 Å². The maximum atomic E-state index is 11.8. The van der Waals surface area contributed by atoms with Gasteiger partial charge in [-0.3, -0.25) is 4.79 Å². The van der Waals surface area contributed by atoms with Crippen molar-refractivity contribution in [3.05, 3.63) is 41.5 Å². The third kappa shape index (κ3) is 4.71. The first-order valence-electron chi connectivity index (χ1n) is 7.81. The van der Waals surface area contributed by atoms with Crippen LogP contribution in [0.15, 0.2) is 35.9 Å². The topological polar surface area (TPSA) is 41.1 Å². The molecule has 1 aromatic carbocycles.